The molecule has 1 aliphatic heterocycles. The summed E-state index contributed by atoms with van der Waals surface area (Å²) in [6.45, 7) is 7.37. The average molecular weight is 472 g/mol. The Morgan fingerprint density at radius 1 is 1.46 bits per heavy atom. The molecule has 3 rings (SSSR count). The topological polar surface area (TPSA) is 60.5 Å². The number of carbonyl (C=O) groups excluding carboxylic acids is 1. The van der Waals surface area contributed by atoms with Crippen LogP contribution in [-0.2, 0) is 10.3 Å². The molecule has 5 nitrogen and oxygen atoms in total. The number of hydrogen-bond donors (Lipinski definition) is 1. The van der Waals surface area contributed by atoms with E-state index in [1.165, 1.54) is 6.07 Å². The van der Waals surface area contributed by atoms with Crippen molar-refractivity contribution in [3.8, 4) is 5.75 Å². The van der Waals surface area contributed by atoms with Crippen molar-refractivity contribution < 1.29 is 18.7 Å². The van der Waals surface area contributed by atoms with Gasteiger partial charge in [-0.3, -0.25) is 4.98 Å². The molecule has 0 unspecified atom stereocenters. The monoisotopic (exact) mass is 470 g/mol. The molecular formula is C20H21BrClFN2O3. The van der Waals surface area contributed by atoms with Gasteiger partial charge in [-0.2, -0.15) is 0 Å². The second-order valence-corrected chi connectivity index (χ2v) is 8.85. The number of benzene rings is 1. The van der Waals surface area contributed by atoms with Gasteiger partial charge < -0.3 is 14.8 Å². The number of aromatic nitrogens is 1. The number of ether oxygens (including phenoxy) is 2. The SMILES string of the molecule is C[C@H]1c2c(cc(F)c(Cl)c2Br)O[C@]1(CNC(=O)OC(C)(C)C)c1ccccn1. The summed E-state index contributed by atoms with van der Waals surface area (Å²) < 4.78 is 26.2. The molecule has 0 aliphatic carbocycles. The highest BCUT2D eigenvalue weighted by Gasteiger charge is 2.50. The van der Waals surface area contributed by atoms with E-state index >= 15 is 0 Å². The minimum absolute atomic E-state index is 0.00822. The molecule has 0 radical (unpaired) electrons. The standard InChI is InChI=1S/C20H21BrClFN2O3/c1-11-15-13(9-12(23)17(22)16(15)21)27-20(11,14-7-5-6-8-24-14)10-25-18(26)28-19(2,3)4/h5-9,11H,10H2,1-4H3,(H,25,26)/t11-,20-/m0/s1. The molecule has 1 amide bonds. The summed E-state index contributed by atoms with van der Waals surface area (Å²) >= 11 is 9.47. The van der Waals surface area contributed by atoms with Gasteiger partial charge in [-0.1, -0.05) is 24.6 Å². The molecule has 0 fully saturated rings. The summed E-state index contributed by atoms with van der Waals surface area (Å²) in [5, 5.41) is 2.76. The maximum atomic E-state index is 14.2. The van der Waals surface area contributed by atoms with Crippen LogP contribution in [0.25, 0.3) is 0 Å². The van der Waals surface area contributed by atoms with Crippen LogP contribution in [0.5, 0.6) is 5.75 Å². The Kier molecular flexibility index (Phi) is 5.60. The van der Waals surface area contributed by atoms with Crippen LogP contribution in [0.4, 0.5) is 9.18 Å². The third-order valence-corrected chi connectivity index (χ3v) is 6.00. The van der Waals surface area contributed by atoms with Crippen LogP contribution in [0.15, 0.2) is 34.9 Å². The second kappa shape index (κ2) is 7.52. The van der Waals surface area contributed by atoms with Crippen LogP contribution in [0.3, 0.4) is 0 Å². The smallest absolute Gasteiger partial charge is 0.407 e. The van der Waals surface area contributed by atoms with Gasteiger partial charge >= 0.3 is 6.09 Å². The van der Waals surface area contributed by atoms with Crippen LogP contribution in [0, 0.1) is 5.82 Å². The summed E-state index contributed by atoms with van der Waals surface area (Å²) in [6.07, 6.45) is 1.07. The first-order valence-electron chi connectivity index (χ1n) is 8.80. The second-order valence-electron chi connectivity index (χ2n) is 7.68. The van der Waals surface area contributed by atoms with Crippen LogP contribution in [0.2, 0.25) is 5.02 Å². The van der Waals surface area contributed by atoms with Crippen molar-refractivity contribution in [3.63, 3.8) is 0 Å². The summed E-state index contributed by atoms with van der Waals surface area (Å²) in [5.41, 5.74) is -0.339. The Bertz CT molecular complexity index is 905. The fourth-order valence-corrected chi connectivity index (χ4v) is 4.16. The molecule has 0 saturated carbocycles. The zero-order valence-electron chi connectivity index (χ0n) is 16.0. The van der Waals surface area contributed by atoms with E-state index < -0.39 is 23.1 Å². The minimum Gasteiger partial charge on any atom is -0.478 e. The van der Waals surface area contributed by atoms with Crippen molar-refractivity contribution >= 4 is 33.6 Å². The van der Waals surface area contributed by atoms with E-state index in [2.05, 4.69) is 26.2 Å². The highest BCUT2D eigenvalue weighted by Crippen LogP contribution is 2.54. The Balaban J connectivity index is 2.00. The predicted molar refractivity (Wildman–Crippen MR) is 108 cm³/mol. The van der Waals surface area contributed by atoms with E-state index in [1.807, 2.05) is 19.1 Å². The van der Waals surface area contributed by atoms with Crippen molar-refractivity contribution in [3.05, 3.63) is 57.0 Å². The molecule has 8 heteroatoms. The number of alkyl carbamates (subject to hydrolysis) is 1. The molecule has 0 saturated heterocycles. The van der Waals surface area contributed by atoms with Crippen molar-refractivity contribution in [1.29, 1.82) is 0 Å². The summed E-state index contributed by atoms with van der Waals surface area (Å²) in [7, 11) is 0. The molecule has 1 aliphatic rings. The van der Waals surface area contributed by atoms with E-state index in [1.54, 1.807) is 33.0 Å². The number of pyridine rings is 1. The summed E-state index contributed by atoms with van der Waals surface area (Å²) in [4.78, 5) is 16.7. The zero-order valence-corrected chi connectivity index (χ0v) is 18.3. The maximum absolute atomic E-state index is 14.2. The van der Waals surface area contributed by atoms with E-state index in [0.717, 1.165) is 5.56 Å². The molecule has 28 heavy (non-hydrogen) atoms. The lowest BCUT2D eigenvalue weighted by Crippen LogP contribution is -2.47. The van der Waals surface area contributed by atoms with Crippen molar-refractivity contribution in [1.82, 2.24) is 10.3 Å². The van der Waals surface area contributed by atoms with Crippen LogP contribution < -0.4 is 10.1 Å². The largest absolute Gasteiger partial charge is 0.478 e. The van der Waals surface area contributed by atoms with Crippen molar-refractivity contribution in [2.24, 2.45) is 0 Å². The third-order valence-electron chi connectivity index (χ3n) is 4.58. The Morgan fingerprint density at radius 3 is 2.79 bits per heavy atom. The van der Waals surface area contributed by atoms with Crippen molar-refractivity contribution in [2.45, 2.75) is 44.8 Å². The Morgan fingerprint density at radius 2 is 2.18 bits per heavy atom. The van der Waals surface area contributed by atoms with Gasteiger partial charge in [-0.05, 0) is 48.8 Å². The number of halogens is 3. The first-order valence-corrected chi connectivity index (χ1v) is 9.97. The molecule has 2 atom stereocenters. The molecule has 2 heterocycles. The fraction of sp³-hybridized carbons (Fsp3) is 0.400. The van der Waals surface area contributed by atoms with Crippen LogP contribution >= 0.6 is 27.5 Å². The van der Waals surface area contributed by atoms with Gasteiger partial charge in [0.2, 0.25) is 0 Å². The normalized spacial score (nSPS) is 21.0. The minimum atomic E-state index is -1.04. The Labute approximate surface area is 176 Å². The van der Waals surface area contributed by atoms with Gasteiger partial charge in [-0.25, -0.2) is 9.18 Å². The number of rotatable bonds is 3. The maximum Gasteiger partial charge on any atom is 0.407 e. The molecule has 1 aromatic heterocycles. The molecule has 2 aromatic rings. The van der Waals surface area contributed by atoms with E-state index in [9.17, 15) is 9.18 Å². The van der Waals surface area contributed by atoms with Gasteiger partial charge in [0.1, 0.15) is 17.2 Å². The zero-order chi connectivity index (χ0) is 20.7. The summed E-state index contributed by atoms with van der Waals surface area (Å²) in [6, 6.07) is 6.69. The molecule has 1 N–H and O–H groups in total. The van der Waals surface area contributed by atoms with Crippen LogP contribution in [0.1, 0.15) is 44.9 Å². The molecule has 1 aromatic carbocycles. The van der Waals surface area contributed by atoms with Gasteiger partial charge in [0.25, 0.3) is 0 Å². The number of fused-ring (bicyclic) bond motifs is 1. The molecular weight excluding hydrogens is 451 g/mol. The van der Waals surface area contributed by atoms with Gasteiger partial charge in [0.15, 0.2) is 5.60 Å². The lowest BCUT2D eigenvalue weighted by Gasteiger charge is -2.33. The number of hydrogen-bond acceptors (Lipinski definition) is 4. The number of amides is 1. The van der Waals surface area contributed by atoms with Gasteiger partial charge in [0, 0.05) is 28.2 Å². The van der Waals surface area contributed by atoms with Crippen molar-refractivity contribution in [2.75, 3.05) is 6.54 Å². The summed E-state index contributed by atoms with van der Waals surface area (Å²) in [5.74, 6) is -0.505. The third kappa shape index (κ3) is 3.82. The fourth-order valence-electron chi connectivity index (χ4n) is 3.28. The lowest BCUT2D eigenvalue weighted by molar-refractivity contribution is 0.0348. The van der Waals surface area contributed by atoms with Crippen LogP contribution in [-0.4, -0.2) is 23.2 Å². The average Bonchev–Trinajstić information content (AvgIpc) is 2.90. The van der Waals surface area contributed by atoms with E-state index in [0.29, 0.717) is 15.9 Å². The van der Waals surface area contributed by atoms with Gasteiger partial charge in [0.05, 0.1) is 17.3 Å². The first-order chi connectivity index (χ1) is 13.0. The first kappa shape index (κ1) is 20.9. The molecule has 0 bridgehead atoms. The Hall–Kier alpha value is -1.86. The van der Waals surface area contributed by atoms with Gasteiger partial charge in [-0.15, -0.1) is 0 Å². The van der Waals surface area contributed by atoms with E-state index in [-0.39, 0.29) is 17.5 Å². The highest BCUT2D eigenvalue weighted by atomic mass is 79.9. The number of carbonyl (C=O) groups is 1. The molecule has 150 valence electrons. The molecule has 0 spiro atoms. The highest BCUT2D eigenvalue weighted by molar-refractivity contribution is 9.10. The predicted octanol–water partition coefficient (Wildman–Crippen LogP) is 5.55. The number of nitrogens with zero attached hydrogens (tertiary/aromatic N) is 1. The number of nitrogens with one attached hydrogen (secondary N) is 1. The lowest BCUT2D eigenvalue weighted by atomic mass is 9.82. The van der Waals surface area contributed by atoms with E-state index in [4.69, 9.17) is 21.1 Å². The quantitative estimate of drug-likeness (QED) is 0.596.